The lowest BCUT2D eigenvalue weighted by molar-refractivity contribution is 0.0936. The number of carbonyl (C=O) groups excluding carboxylic acids is 2. The maximum atomic E-state index is 13.2. The number of nitrogens with two attached hydrogens (primary N) is 1. The second-order valence-corrected chi connectivity index (χ2v) is 8.23. The van der Waals surface area contributed by atoms with Crippen molar-refractivity contribution in [2.75, 3.05) is 13.1 Å². The molecule has 2 amide bonds. The zero-order valence-corrected chi connectivity index (χ0v) is 18.1. The van der Waals surface area contributed by atoms with Gasteiger partial charge in [-0.15, -0.1) is 0 Å². The van der Waals surface area contributed by atoms with Gasteiger partial charge < -0.3 is 15.5 Å². The van der Waals surface area contributed by atoms with Crippen LogP contribution >= 0.6 is 0 Å². The van der Waals surface area contributed by atoms with Crippen molar-refractivity contribution in [1.29, 1.82) is 0 Å². The molecule has 0 aliphatic carbocycles. The van der Waals surface area contributed by atoms with Crippen LogP contribution in [0.4, 0.5) is 0 Å². The number of benzene rings is 1. The molecule has 1 atom stereocenters. The Kier molecular flexibility index (Phi) is 6.08. The standard InChI is InChI=1S/C23H29N5O3/c1-3-4-8-19-20(17-7-5-6-9-18(17)31-19)23(30)25-16-10-11-28(14-16)13-15-12-27(2)26-21(15)22(24)29/h5-7,9,12,16H,3-4,8,10-11,13-14H2,1-2H3,(H2,24,29)(H,25,30). The molecule has 3 heterocycles. The zero-order chi connectivity index (χ0) is 22.0. The number of hydrogen-bond donors (Lipinski definition) is 2. The van der Waals surface area contributed by atoms with Crippen molar-refractivity contribution < 1.29 is 14.0 Å². The van der Waals surface area contributed by atoms with Gasteiger partial charge in [-0.2, -0.15) is 5.10 Å². The molecule has 0 saturated carbocycles. The fraction of sp³-hybridized carbons (Fsp3) is 0.435. The van der Waals surface area contributed by atoms with Crippen LogP contribution in [0, 0.1) is 0 Å². The molecule has 1 aliphatic rings. The van der Waals surface area contributed by atoms with Gasteiger partial charge in [-0.3, -0.25) is 19.2 Å². The maximum Gasteiger partial charge on any atom is 0.269 e. The van der Waals surface area contributed by atoms with Gasteiger partial charge in [0.25, 0.3) is 11.8 Å². The predicted molar refractivity (Wildman–Crippen MR) is 118 cm³/mol. The van der Waals surface area contributed by atoms with E-state index in [9.17, 15) is 9.59 Å². The molecule has 1 fully saturated rings. The molecular formula is C23H29N5O3. The fourth-order valence-corrected chi connectivity index (χ4v) is 4.31. The summed E-state index contributed by atoms with van der Waals surface area (Å²) < 4.78 is 7.60. The van der Waals surface area contributed by atoms with Crippen LogP contribution in [0.5, 0.6) is 0 Å². The van der Waals surface area contributed by atoms with Crippen LogP contribution in [0.2, 0.25) is 0 Å². The molecule has 4 rings (SSSR count). The number of aromatic nitrogens is 2. The molecule has 0 radical (unpaired) electrons. The number of primary amides is 1. The van der Waals surface area contributed by atoms with Crippen molar-refractivity contribution in [2.24, 2.45) is 12.8 Å². The van der Waals surface area contributed by atoms with Gasteiger partial charge in [-0.1, -0.05) is 31.5 Å². The molecular weight excluding hydrogens is 394 g/mol. The summed E-state index contributed by atoms with van der Waals surface area (Å²) in [5.41, 5.74) is 7.97. The van der Waals surface area contributed by atoms with Gasteiger partial charge >= 0.3 is 0 Å². The number of amides is 2. The molecule has 31 heavy (non-hydrogen) atoms. The molecule has 1 aromatic carbocycles. The van der Waals surface area contributed by atoms with E-state index in [1.165, 1.54) is 0 Å². The Labute approximate surface area is 181 Å². The van der Waals surface area contributed by atoms with E-state index in [1.54, 1.807) is 11.7 Å². The van der Waals surface area contributed by atoms with Crippen molar-refractivity contribution in [3.63, 3.8) is 0 Å². The SMILES string of the molecule is CCCCc1oc2ccccc2c1C(=O)NC1CCN(Cc2cn(C)nc2C(N)=O)C1. The minimum atomic E-state index is -0.522. The van der Waals surface area contributed by atoms with Crippen molar-refractivity contribution in [3.05, 3.63) is 53.0 Å². The van der Waals surface area contributed by atoms with Gasteiger partial charge in [-0.05, 0) is 18.9 Å². The smallest absolute Gasteiger partial charge is 0.269 e. The summed E-state index contributed by atoms with van der Waals surface area (Å²) >= 11 is 0. The van der Waals surface area contributed by atoms with Gasteiger partial charge in [-0.25, -0.2) is 0 Å². The molecule has 8 nitrogen and oxygen atoms in total. The van der Waals surface area contributed by atoms with E-state index < -0.39 is 5.91 Å². The molecule has 2 aromatic heterocycles. The van der Waals surface area contributed by atoms with Crippen LogP contribution in [0.25, 0.3) is 11.0 Å². The highest BCUT2D eigenvalue weighted by Crippen LogP contribution is 2.27. The van der Waals surface area contributed by atoms with Crippen LogP contribution in [0.3, 0.4) is 0 Å². The Morgan fingerprint density at radius 3 is 2.90 bits per heavy atom. The molecule has 3 N–H and O–H groups in total. The molecule has 1 unspecified atom stereocenters. The molecule has 1 aliphatic heterocycles. The first-order valence-corrected chi connectivity index (χ1v) is 10.8. The lowest BCUT2D eigenvalue weighted by atomic mass is 10.1. The number of fused-ring (bicyclic) bond motifs is 1. The zero-order valence-electron chi connectivity index (χ0n) is 18.1. The van der Waals surface area contributed by atoms with Gasteiger partial charge in [0.05, 0.1) is 5.56 Å². The van der Waals surface area contributed by atoms with Gasteiger partial charge in [0, 0.05) is 56.3 Å². The van der Waals surface area contributed by atoms with Gasteiger partial charge in [0.1, 0.15) is 11.3 Å². The second kappa shape index (κ2) is 8.93. The van der Waals surface area contributed by atoms with Crippen LogP contribution in [-0.4, -0.2) is 45.6 Å². The Bertz CT molecular complexity index is 1100. The molecule has 1 saturated heterocycles. The fourth-order valence-electron chi connectivity index (χ4n) is 4.31. The van der Waals surface area contributed by atoms with Crippen molar-refractivity contribution in [3.8, 4) is 0 Å². The highest BCUT2D eigenvalue weighted by molar-refractivity contribution is 6.07. The highest BCUT2D eigenvalue weighted by Gasteiger charge is 2.28. The van der Waals surface area contributed by atoms with Gasteiger partial charge in [0.2, 0.25) is 0 Å². The van der Waals surface area contributed by atoms with E-state index in [4.69, 9.17) is 10.2 Å². The molecule has 8 heteroatoms. The quantitative estimate of drug-likeness (QED) is 0.579. The first kappa shape index (κ1) is 21.1. The maximum absolute atomic E-state index is 13.2. The van der Waals surface area contributed by atoms with Crippen LogP contribution in [0.1, 0.15) is 58.4 Å². The molecule has 0 spiro atoms. The topological polar surface area (TPSA) is 106 Å². The van der Waals surface area contributed by atoms with E-state index in [0.29, 0.717) is 24.3 Å². The highest BCUT2D eigenvalue weighted by atomic mass is 16.3. The Hall–Kier alpha value is -3.13. The van der Waals surface area contributed by atoms with E-state index in [2.05, 4.69) is 22.2 Å². The number of nitrogens with one attached hydrogen (secondary N) is 1. The van der Waals surface area contributed by atoms with Gasteiger partial charge in [0.15, 0.2) is 5.69 Å². The number of carbonyl (C=O) groups is 2. The summed E-state index contributed by atoms with van der Waals surface area (Å²) in [5, 5.41) is 8.21. The molecule has 3 aromatic rings. The Balaban J connectivity index is 1.45. The van der Waals surface area contributed by atoms with Crippen LogP contribution < -0.4 is 11.1 Å². The van der Waals surface area contributed by atoms with Crippen LogP contribution in [0.15, 0.2) is 34.9 Å². The third kappa shape index (κ3) is 4.49. The monoisotopic (exact) mass is 423 g/mol. The molecule has 0 bridgehead atoms. The van der Waals surface area contributed by atoms with E-state index in [1.807, 2.05) is 30.5 Å². The number of aryl methyl sites for hydroxylation is 2. The van der Waals surface area contributed by atoms with E-state index >= 15 is 0 Å². The lowest BCUT2D eigenvalue weighted by Crippen LogP contribution is -2.37. The number of rotatable bonds is 8. The summed E-state index contributed by atoms with van der Waals surface area (Å²) in [6.45, 7) is 4.24. The predicted octanol–water partition coefficient (Wildman–Crippen LogP) is 2.61. The first-order valence-electron chi connectivity index (χ1n) is 10.8. The van der Waals surface area contributed by atoms with Crippen LogP contribution in [-0.2, 0) is 20.0 Å². The minimum absolute atomic E-state index is 0.0360. The summed E-state index contributed by atoms with van der Waals surface area (Å²) in [4.78, 5) is 27.0. The minimum Gasteiger partial charge on any atom is -0.460 e. The average Bonchev–Trinajstić information content (AvgIpc) is 3.43. The summed E-state index contributed by atoms with van der Waals surface area (Å²) in [5.74, 6) is 0.157. The van der Waals surface area contributed by atoms with E-state index in [-0.39, 0.29) is 11.9 Å². The normalized spacial score (nSPS) is 16.8. The first-order chi connectivity index (χ1) is 15.0. The third-order valence-electron chi connectivity index (χ3n) is 5.79. The number of nitrogens with zero attached hydrogens (tertiary/aromatic N) is 3. The summed E-state index contributed by atoms with van der Waals surface area (Å²) in [6.07, 6.45) is 5.44. The lowest BCUT2D eigenvalue weighted by Gasteiger charge is -2.16. The second-order valence-electron chi connectivity index (χ2n) is 8.23. The number of unbranched alkanes of at least 4 members (excludes halogenated alkanes) is 1. The number of likely N-dealkylation sites (tertiary alicyclic amines) is 1. The number of para-hydroxylation sites is 1. The largest absolute Gasteiger partial charge is 0.460 e. The van der Waals surface area contributed by atoms with Crippen molar-refractivity contribution in [2.45, 2.75) is 45.2 Å². The number of hydrogen-bond acceptors (Lipinski definition) is 5. The Morgan fingerprint density at radius 1 is 1.32 bits per heavy atom. The molecule has 164 valence electrons. The third-order valence-corrected chi connectivity index (χ3v) is 5.79. The summed E-state index contributed by atoms with van der Waals surface area (Å²) in [7, 11) is 1.77. The number of furan rings is 1. The van der Waals surface area contributed by atoms with Crippen molar-refractivity contribution in [1.82, 2.24) is 20.0 Å². The average molecular weight is 424 g/mol. The summed E-state index contributed by atoms with van der Waals surface area (Å²) in [6, 6.07) is 7.74. The van der Waals surface area contributed by atoms with E-state index in [0.717, 1.165) is 54.5 Å². The van der Waals surface area contributed by atoms with Crippen molar-refractivity contribution >= 4 is 22.8 Å². The Morgan fingerprint density at radius 2 is 2.13 bits per heavy atom.